The predicted octanol–water partition coefficient (Wildman–Crippen LogP) is 3.24. The van der Waals surface area contributed by atoms with Crippen molar-refractivity contribution in [3.05, 3.63) is 82.3 Å². The van der Waals surface area contributed by atoms with Crippen LogP contribution in [0.1, 0.15) is 5.56 Å². The second-order valence-corrected chi connectivity index (χ2v) is 7.04. The molecule has 0 bridgehead atoms. The molecule has 0 spiro atoms. The standard InChI is InChI=1S/C21H14F3N7O/c22-12-1-2-15-5-11(7-26-18-17-19(28-9-27-17)30-21(25)29-18)16(20(32)31(15)8-12)10-3-13(23)6-14(24)4-10/h1-6,8-9H,7H2,(H4,25,26,27,28,29,30). The summed E-state index contributed by atoms with van der Waals surface area (Å²) in [5, 5.41) is 3.06. The number of nitrogens with zero attached hydrogens (tertiary/aromatic N) is 4. The Morgan fingerprint density at radius 1 is 1.03 bits per heavy atom. The fraction of sp³-hybridized carbons (Fsp3) is 0.0476. The lowest BCUT2D eigenvalue weighted by molar-refractivity contribution is 0.584. The van der Waals surface area contributed by atoms with Crippen LogP contribution in [-0.4, -0.2) is 24.3 Å². The molecule has 0 amide bonds. The van der Waals surface area contributed by atoms with Gasteiger partial charge in [-0.05, 0) is 41.5 Å². The second kappa shape index (κ2) is 7.38. The molecule has 1 aromatic carbocycles. The smallest absolute Gasteiger partial charge is 0.263 e. The van der Waals surface area contributed by atoms with Gasteiger partial charge in [-0.2, -0.15) is 9.97 Å². The van der Waals surface area contributed by atoms with Crippen LogP contribution in [0.3, 0.4) is 0 Å². The third kappa shape index (κ3) is 3.39. The van der Waals surface area contributed by atoms with Gasteiger partial charge in [0.1, 0.15) is 23.0 Å². The molecule has 0 saturated heterocycles. The quantitative estimate of drug-likeness (QED) is 0.398. The van der Waals surface area contributed by atoms with E-state index < -0.39 is 23.0 Å². The van der Waals surface area contributed by atoms with Crippen LogP contribution in [0, 0.1) is 17.5 Å². The number of aromatic amines is 1. The number of hydrogen-bond acceptors (Lipinski definition) is 6. The van der Waals surface area contributed by atoms with E-state index in [-0.39, 0.29) is 23.6 Å². The minimum Gasteiger partial charge on any atom is -0.368 e. The Kier molecular flexibility index (Phi) is 4.51. The molecule has 5 rings (SSSR count). The van der Waals surface area contributed by atoms with Crippen molar-refractivity contribution in [3.8, 4) is 11.1 Å². The Morgan fingerprint density at radius 3 is 2.59 bits per heavy atom. The average molecular weight is 437 g/mol. The van der Waals surface area contributed by atoms with E-state index in [9.17, 15) is 18.0 Å². The van der Waals surface area contributed by atoms with Gasteiger partial charge in [-0.3, -0.25) is 9.20 Å². The van der Waals surface area contributed by atoms with Crippen LogP contribution >= 0.6 is 0 Å². The molecule has 0 aliphatic carbocycles. The fourth-order valence-corrected chi connectivity index (χ4v) is 3.59. The molecule has 8 nitrogen and oxygen atoms in total. The highest BCUT2D eigenvalue weighted by molar-refractivity contribution is 5.83. The summed E-state index contributed by atoms with van der Waals surface area (Å²) < 4.78 is 42.7. The number of benzene rings is 1. The Labute approximate surface area is 177 Å². The van der Waals surface area contributed by atoms with E-state index >= 15 is 0 Å². The highest BCUT2D eigenvalue weighted by Crippen LogP contribution is 2.26. The fourth-order valence-electron chi connectivity index (χ4n) is 3.59. The molecule has 160 valence electrons. The number of nitrogens with one attached hydrogen (secondary N) is 2. The highest BCUT2D eigenvalue weighted by atomic mass is 19.1. The molecule has 32 heavy (non-hydrogen) atoms. The van der Waals surface area contributed by atoms with Gasteiger partial charge in [0, 0.05) is 24.3 Å². The summed E-state index contributed by atoms with van der Waals surface area (Å²) in [6, 6.07) is 7.08. The summed E-state index contributed by atoms with van der Waals surface area (Å²) in [5.41, 5.74) is 6.81. The van der Waals surface area contributed by atoms with Crippen LogP contribution in [0.25, 0.3) is 27.8 Å². The molecular weight excluding hydrogens is 423 g/mol. The third-order valence-electron chi connectivity index (χ3n) is 4.92. The van der Waals surface area contributed by atoms with Crippen molar-refractivity contribution in [1.29, 1.82) is 0 Å². The zero-order chi connectivity index (χ0) is 22.4. The summed E-state index contributed by atoms with van der Waals surface area (Å²) in [5.74, 6) is -1.98. The van der Waals surface area contributed by atoms with Gasteiger partial charge in [-0.1, -0.05) is 0 Å². The Morgan fingerprint density at radius 2 is 1.81 bits per heavy atom. The summed E-state index contributed by atoms with van der Waals surface area (Å²) in [6.45, 7) is 0.0428. The van der Waals surface area contributed by atoms with Gasteiger partial charge in [-0.25, -0.2) is 18.2 Å². The van der Waals surface area contributed by atoms with E-state index in [0.29, 0.717) is 34.1 Å². The van der Waals surface area contributed by atoms with E-state index in [0.717, 1.165) is 22.7 Å². The number of nitrogen functional groups attached to an aromatic ring is 1. The minimum absolute atomic E-state index is 0.00594. The number of aromatic nitrogens is 5. The van der Waals surface area contributed by atoms with Crippen LogP contribution in [0.5, 0.6) is 0 Å². The molecule has 0 atom stereocenters. The van der Waals surface area contributed by atoms with Crippen LogP contribution in [0.2, 0.25) is 0 Å². The van der Waals surface area contributed by atoms with Gasteiger partial charge < -0.3 is 16.0 Å². The SMILES string of the molecule is Nc1nc(NCc2cc3ccc(F)cn3c(=O)c2-c2cc(F)cc(F)c2)c2[nH]cnc2n1. The molecule has 0 saturated carbocycles. The lowest BCUT2D eigenvalue weighted by Crippen LogP contribution is -2.20. The van der Waals surface area contributed by atoms with Crippen molar-refractivity contribution in [1.82, 2.24) is 24.3 Å². The Hall–Kier alpha value is -4.41. The summed E-state index contributed by atoms with van der Waals surface area (Å²) >= 11 is 0. The first kappa shape index (κ1) is 19.5. The molecule has 0 unspecified atom stereocenters. The number of hydrogen-bond donors (Lipinski definition) is 3. The number of imidazole rings is 1. The van der Waals surface area contributed by atoms with Gasteiger partial charge in [0.15, 0.2) is 11.5 Å². The monoisotopic (exact) mass is 437 g/mol. The minimum atomic E-state index is -0.842. The lowest BCUT2D eigenvalue weighted by atomic mass is 10.00. The zero-order valence-corrected chi connectivity index (χ0v) is 16.2. The normalized spacial score (nSPS) is 11.3. The van der Waals surface area contributed by atoms with Gasteiger partial charge in [0.2, 0.25) is 5.95 Å². The van der Waals surface area contributed by atoms with E-state index in [2.05, 4.69) is 25.3 Å². The van der Waals surface area contributed by atoms with E-state index in [1.54, 1.807) is 6.07 Å². The molecule has 4 aromatic heterocycles. The molecule has 5 aromatic rings. The van der Waals surface area contributed by atoms with Crippen LogP contribution in [0.15, 0.2) is 53.7 Å². The predicted molar refractivity (Wildman–Crippen MR) is 112 cm³/mol. The van der Waals surface area contributed by atoms with Crippen LogP contribution < -0.4 is 16.6 Å². The summed E-state index contributed by atoms with van der Waals surface area (Å²) in [7, 11) is 0. The molecule has 0 aliphatic heterocycles. The number of halogens is 3. The van der Waals surface area contributed by atoms with Gasteiger partial charge >= 0.3 is 0 Å². The van der Waals surface area contributed by atoms with E-state index in [4.69, 9.17) is 5.73 Å². The van der Waals surface area contributed by atoms with Crippen molar-refractivity contribution in [3.63, 3.8) is 0 Å². The van der Waals surface area contributed by atoms with Crippen molar-refractivity contribution in [2.45, 2.75) is 6.54 Å². The largest absolute Gasteiger partial charge is 0.368 e. The number of fused-ring (bicyclic) bond motifs is 2. The van der Waals surface area contributed by atoms with Crippen molar-refractivity contribution in [2.75, 3.05) is 11.1 Å². The molecule has 11 heteroatoms. The van der Waals surface area contributed by atoms with Crippen LogP contribution in [-0.2, 0) is 6.54 Å². The number of rotatable bonds is 4. The number of nitrogens with two attached hydrogens (primary N) is 1. The highest BCUT2D eigenvalue weighted by Gasteiger charge is 2.17. The number of H-pyrrole nitrogens is 1. The van der Waals surface area contributed by atoms with Crippen molar-refractivity contribution >= 4 is 28.4 Å². The second-order valence-electron chi connectivity index (χ2n) is 7.04. The van der Waals surface area contributed by atoms with Crippen LogP contribution in [0.4, 0.5) is 24.9 Å². The number of anilines is 2. The maximum absolute atomic E-state index is 13.9. The molecule has 0 radical (unpaired) electrons. The van der Waals surface area contributed by atoms with Gasteiger partial charge in [0.05, 0.1) is 11.9 Å². The van der Waals surface area contributed by atoms with Crippen molar-refractivity contribution in [2.24, 2.45) is 0 Å². The Balaban J connectivity index is 1.68. The van der Waals surface area contributed by atoms with Crippen molar-refractivity contribution < 1.29 is 13.2 Å². The molecule has 4 N–H and O–H groups in total. The van der Waals surface area contributed by atoms with E-state index in [1.807, 2.05) is 0 Å². The molecule has 4 heterocycles. The molecule has 0 aliphatic rings. The topological polar surface area (TPSA) is 114 Å². The Bertz CT molecular complexity index is 1540. The first-order valence-corrected chi connectivity index (χ1v) is 9.40. The lowest BCUT2D eigenvalue weighted by Gasteiger charge is -2.14. The summed E-state index contributed by atoms with van der Waals surface area (Å²) in [4.78, 5) is 28.3. The number of pyridine rings is 2. The average Bonchev–Trinajstić information content (AvgIpc) is 3.20. The van der Waals surface area contributed by atoms with Gasteiger partial charge in [-0.15, -0.1) is 0 Å². The van der Waals surface area contributed by atoms with E-state index in [1.165, 1.54) is 18.5 Å². The molecular formula is C21H14F3N7O. The molecule has 0 fully saturated rings. The maximum Gasteiger partial charge on any atom is 0.263 e. The first-order valence-electron chi connectivity index (χ1n) is 9.40. The third-order valence-corrected chi connectivity index (χ3v) is 4.92. The first-order chi connectivity index (χ1) is 15.4. The van der Waals surface area contributed by atoms with Gasteiger partial charge in [0.25, 0.3) is 5.56 Å². The summed E-state index contributed by atoms with van der Waals surface area (Å²) in [6.07, 6.45) is 2.45. The zero-order valence-electron chi connectivity index (χ0n) is 16.2. The maximum atomic E-state index is 13.9.